The zero-order chi connectivity index (χ0) is 18.7. The molecule has 2 fully saturated rings. The fourth-order valence-electron chi connectivity index (χ4n) is 4.16. The van der Waals surface area contributed by atoms with Gasteiger partial charge in [0.2, 0.25) is 0 Å². The van der Waals surface area contributed by atoms with Gasteiger partial charge in [0.25, 0.3) is 5.91 Å². The molecule has 2 aliphatic rings. The van der Waals surface area contributed by atoms with Gasteiger partial charge in [0.15, 0.2) is 0 Å². The molecule has 4 rings (SSSR count). The first kappa shape index (κ1) is 18.1. The average molecular weight is 366 g/mol. The van der Waals surface area contributed by atoms with Crippen molar-refractivity contribution in [1.82, 2.24) is 9.88 Å². The van der Waals surface area contributed by atoms with E-state index in [2.05, 4.69) is 4.98 Å². The van der Waals surface area contributed by atoms with Crippen molar-refractivity contribution in [3.63, 3.8) is 0 Å². The molecule has 1 aromatic heterocycles. The van der Waals surface area contributed by atoms with Crippen LogP contribution in [0.25, 0.3) is 0 Å². The molecule has 0 radical (unpaired) electrons. The molecule has 5 heteroatoms. The Kier molecular flexibility index (Phi) is 5.23. The van der Waals surface area contributed by atoms with Crippen molar-refractivity contribution in [1.29, 1.82) is 0 Å². The Morgan fingerprint density at radius 1 is 1.26 bits per heavy atom. The smallest absolute Gasteiger partial charge is 0.254 e. The van der Waals surface area contributed by atoms with Crippen molar-refractivity contribution < 1.29 is 14.3 Å². The van der Waals surface area contributed by atoms with Crippen LogP contribution in [0.1, 0.15) is 34.3 Å². The predicted molar refractivity (Wildman–Crippen MR) is 102 cm³/mol. The topological polar surface area (TPSA) is 51.7 Å². The molecule has 0 saturated carbocycles. The number of pyridine rings is 1. The van der Waals surface area contributed by atoms with E-state index in [0.717, 1.165) is 36.1 Å². The van der Waals surface area contributed by atoms with E-state index in [1.807, 2.05) is 48.2 Å². The van der Waals surface area contributed by atoms with Gasteiger partial charge in [-0.2, -0.15) is 0 Å². The second kappa shape index (κ2) is 7.79. The summed E-state index contributed by atoms with van der Waals surface area (Å²) in [6, 6.07) is 11.7. The molecule has 2 aliphatic heterocycles. The van der Waals surface area contributed by atoms with Gasteiger partial charge in [-0.15, -0.1) is 0 Å². The van der Waals surface area contributed by atoms with Crippen molar-refractivity contribution in [2.75, 3.05) is 26.3 Å². The lowest BCUT2D eigenvalue weighted by Crippen LogP contribution is -2.66. The van der Waals surface area contributed by atoms with Crippen molar-refractivity contribution >= 4 is 5.91 Å². The van der Waals surface area contributed by atoms with E-state index in [0.29, 0.717) is 32.2 Å². The van der Waals surface area contributed by atoms with E-state index in [1.165, 1.54) is 0 Å². The molecule has 1 amide bonds. The molecule has 0 bridgehead atoms. The van der Waals surface area contributed by atoms with Gasteiger partial charge in [0, 0.05) is 31.2 Å². The molecular weight excluding hydrogens is 340 g/mol. The average Bonchev–Trinajstić information content (AvgIpc) is 3.09. The molecule has 3 heterocycles. The number of carbonyl (C=O) groups is 1. The molecule has 2 saturated heterocycles. The second-order valence-corrected chi connectivity index (χ2v) is 7.57. The number of likely N-dealkylation sites (tertiary alicyclic amines) is 1. The Hall–Kier alpha value is -2.24. The maximum absolute atomic E-state index is 12.8. The lowest BCUT2D eigenvalue weighted by Gasteiger charge is -2.50. The maximum atomic E-state index is 12.8. The third kappa shape index (κ3) is 3.75. The standard InChI is InChI=1S/C22H26N2O3/c1-17-4-2-3-5-20(17)21(25)24-15-22(16-24)19(9-13-27-22)8-12-26-14-18-6-10-23-11-7-18/h2-7,10-11,19H,8-9,12-16H2,1H3/t19-/m1/s1. The minimum atomic E-state index is -0.168. The minimum absolute atomic E-state index is 0.113. The van der Waals surface area contributed by atoms with Crippen LogP contribution in [-0.2, 0) is 16.1 Å². The summed E-state index contributed by atoms with van der Waals surface area (Å²) in [7, 11) is 0. The monoisotopic (exact) mass is 366 g/mol. The van der Waals surface area contributed by atoms with Crippen LogP contribution in [0.4, 0.5) is 0 Å². The maximum Gasteiger partial charge on any atom is 0.254 e. The first-order chi connectivity index (χ1) is 13.2. The Morgan fingerprint density at radius 2 is 2.04 bits per heavy atom. The van der Waals surface area contributed by atoms with Crippen LogP contribution in [0.2, 0.25) is 0 Å². The van der Waals surface area contributed by atoms with E-state index in [1.54, 1.807) is 12.4 Å². The first-order valence-corrected chi connectivity index (χ1v) is 9.63. The second-order valence-electron chi connectivity index (χ2n) is 7.57. The van der Waals surface area contributed by atoms with Crippen LogP contribution < -0.4 is 0 Å². The first-order valence-electron chi connectivity index (χ1n) is 9.63. The number of benzene rings is 1. The highest BCUT2D eigenvalue weighted by Gasteiger charge is 2.54. The molecule has 0 aliphatic carbocycles. The van der Waals surface area contributed by atoms with Crippen LogP contribution in [0.3, 0.4) is 0 Å². The Labute approximate surface area is 160 Å². The molecule has 142 valence electrons. The van der Waals surface area contributed by atoms with Gasteiger partial charge in [0.1, 0.15) is 5.60 Å². The normalized spacial score (nSPS) is 20.6. The van der Waals surface area contributed by atoms with E-state index in [4.69, 9.17) is 9.47 Å². The fraction of sp³-hybridized carbons (Fsp3) is 0.455. The van der Waals surface area contributed by atoms with Crippen molar-refractivity contribution in [2.45, 2.75) is 32.0 Å². The molecule has 27 heavy (non-hydrogen) atoms. The van der Waals surface area contributed by atoms with Crippen molar-refractivity contribution in [3.8, 4) is 0 Å². The van der Waals surface area contributed by atoms with E-state index in [-0.39, 0.29) is 11.5 Å². The summed E-state index contributed by atoms with van der Waals surface area (Å²) in [4.78, 5) is 18.7. The predicted octanol–water partition coefficient (Wildman–Crippen LogP) is 3.23. The van der Waals surface area contributed by atoms with Crippen LogP contribution in [0.15, 0.2) is 48.8 Å². The van der Waals surface area contributed by atoms with E-state index in [9.17, 15) is 4.79 Å². The van der Waals surface area contributed by atoms with E-state index < -0.39 is 0 Å². The van der Waals surface area contributed by atoms with Crippen molar-refractivity contribution in [2.24, 2.45) is 5.92 Å². The lowest BCUT2D eigenvalue weighted by atomic mass is 9.78. The van der Waals surface area contributed by atoms with Gasteiger partial charge in [-0.25, -0.2) is 0 Å². The largest absolute Gasteiger partial charge is 0.377 e. The van der Waals surface area contributed by atoms with Gasteiger partial charge >= 0.3 is 0 Å². The van der Waals surface area contributed by atoms with Gasteiger partial charge in [0.05, 0.1) is 19.7 Å². The van der Waals surface area contributed by atoms with E-state index >= 15 is 0 Å². The summed E-state index contributed by atoms with van der Waals surface area (Å²) in [5.41, 5.74) is 2.79. The number of hydrogen-bond acceptors (Lipinski definition) is 4. The number of ether oxygens (including phenoxy) is 2. The highest BCUT2D eigenvalue weighted by atomic mass is 16.5. The molecular formula is C22H26N2O3. The number of aryl methyl sites for hydroxylation is 1. The highest BCUT2D eigenvalue weighted by molar-refractivity contribution is 5.96. The molecule has 0 unspecified atom stereocenters. The number of carbonyl (C=O) groups excluding carboxylic acids is 1. The number of amides is 1. The number of aromatic nitrogens is 1. The summed E-state index contributed by atoms with van der Waals surface area (Å²) in [5.74, 6) is 0.567. The number of rotatable bonds is 6. The zero-order valence-electron chi connectivity index (χ0n) is 15.8. The molecule has 5 nitrogen and oxygen atoms in total. The molecule has 1 aromatic carbocycles. The molecule has 2 aromatic rings. The Morgan fingerprint density at radius 3 is 2.81 bits per heavy atom. The highest BCUT2D eigenvalue weighted by Crippen LogP contribution is 2.42. The van der Waals surface area contributed by atoms with Gasteiger partial charge in [-0.3, -0.25) is 9.78 Å². The molecule has 1 atom stereocenters. The molecule has 0 N–H and O–H groups in total. The Bertz CT molecular complexity index is 787. The summed E-state index contributed by atoms with van der Waals surface area (Å²) < 4.78 is 11.9. The zero-order valence-corrected chi connectivity index (χ0v) is 15.8. The van der Waals surface area contributed by atoms with Gasteiger partial charge < -0.3 is 14.4 Å². The number of nitrogens with zero attached hydrogens (tertiary/aromatic N) is 2. The van der Waals surface area contributed by atoms with Crippen LogP contribution in [0.5, 0.6) is 0 Å². The quantitative estimate of drug-likeness (QED) is 0.737. The van der Waals surface area contributed by atoms with Crippen LogP contribution in [0, 0.1) is 12.8 Å². The summed E-state index contributed by atoms with van der Waals surface area (Å²) in [6.07, 6.45) is 5.59. The van der Waals surface area contributed by atoms with Crippen LogP contribution >= 0.6 is 0 Å². The van der Waals surface area contributed by atoms with Crippen molar-refractivity contribution in [3.05, 3.63) is 65.5 Å². The summed E-state index contributed by atoms with van der Waals surface area (Å²) in [6.45, 7) is 5.47. The lowest BCUT2D eigenvalue weighted by molar-refractivity contribution is -0.120. The minimum Gasteiger partial charge on any atom is -0.377 e. The van der Waals surface area contributed by atoms with Gasteiger partial charge in [-0.05, 0) is 55.0 Å². The van der Waals surface area contributed by atoms with Crippen LogP contribution in [-0.4, -0.2) is 47.7 Å². The Balaban J connectivity index is 1.28. The molecule has 1 spiro atoms. The summed E-state index contributed by atoms with van der Waals surface area (Å²) >= 11 is 0. The summed E-state index contributed by atoms with van der Waals surface area (Å²) in [5, 5.41) is 0. The SMILES string of the molecule is Cc1ccccc1C(=O)N1CC2(C1)OCC[C@H]2CCOCc1ccncc1. The fourth-order valence-corrected chi connectivity index (χ4v) is 4.16. The number of hydrogen-bond donors (Lipinski definition) is 0. The third-order valence-corrected chi connectivity index (χ3v) is 5.81. The van der Waals surface area contributed by atoms with Gasteiger partial charge in [-0.1, -0.05) is 18.2 Å². The third-order valence-electron chi connectivity index (χ3n) is 5.81.